The van der Waals surface area contributed by atoms with Crippen LogP contribution in [0, 0.1) is 12.7 Å². The van der Waals surface area contributed by atoms with Crippen molar-refractivity contribution in [2.75, 3.05) is 13.7 Å². The van der Waals surface area contributed by atoms with Crippen molar-refractivity contribution in [3.63, 3.8) is 0 Å². The zero-order valence-electron chi connectivity index (χ0n) is 12.0. The minimum atomic E-state index is -0.273. The molecule has 3 nitrogen and oxygen atoms in total. The van der Waals surface area contributed by atoms with Crippen LogP contribution in [0.2, 0.25) is 0 Å². The maximum absolute atomic E-state index is 14.3. The molecule has 0 radical (unpaired) electrons. The molecule has 2 aromatic rings. The van der Waals surface area contributed by atoms with E-state index in [1.165, 1.54) is 13.2 Å². The molecular formula is C16H19FN2O. The van der Waals surface area contributed by atoms with Crippen molar-refractivity contribution in [3.05, 3.63) is 59.2 Å². The SMILES string of the molecule is CCNC(c1ccnc(C)c1)c1ccc(OC)cc1F. The summed E-state index contributed by atoms with van der Waals surface area (Å²) in [5, 5.41) is 3.31. The molecule has 0 aliphatic carbocycles. The number of aryl methyl sites for hydroxylation is 1. The van der Waals surface area contributed by atoms with E-state index < -0.39 is 0 Å². The lowest BCUT2D eigenvalue weighted by atomic mass is 9.98. The Bertz CT molecular complexity index is 586. The third-order valence-corrected chi connectivity index (χ3v) is 3.18. The largest absolute Gasteiger partial charge is 0.497 e. The van der Waals surface area contributed by atoms with Crippen LogP contribution in [-0.4, -0.2) is 18.6 Å². The van der Waals surface area contributed by atoms with E-state index in [1.807, 2.05) is 26.0 Å². The van der Waals surface area contributed by atoms with Crippen LogP contribution >= 0.6 is 0 Å². The summed E-state index contributed by atoms with van der Waals surface area (Å²) >= 11 is 0. The zero-order chi connectivity index (χ0) is 14.5. The molecule has 0 saturated heterocycles. The number of benzene rings is 1. The summed E-state index contributed by atoms with van der Waals surface area (Å²) in [4.78, 5) is 4.18. The van der Waals surface area contributed by atoms with Gasteiger partial charge in [0, 0.05) is 23.5 Å². The Kier molecular flexibility index (Phi) is 4.69. The van der Waals surface area contributed by atoms with Crippen molar-refractivity contribution >= 4 is 0 Å². The second-order valence-electron chi connectivity index (χ2n) is 4.61. The molecule has 20 heavy (non-hydrogen) atoms. The molecule has 4 heteroatoms. The predicted molar refractivity (Wildman–Crippen MR) is 77.4 cm³/mol. The van der Waals surface area contributed by atoms with Crippen LogP contribution < -0.4 is 10.1 Å². The van der Waals surface area contributed by atoms with E-state index in [-0.39, 0.29) is 11.9 Å². The van der Waals surface area contributed by atoms with Gasteiger partial charge in [-0.3, -0.25) is 4.98 Å². The molecule has 106 valence electrons. The average Bonchev–Trinajstić information content (AvgIpc) is 2.45. The lowest BCUT2D eigenvalue weighted by molar-refractivity contribution is 0.410. The molecule has 1 heterocycles. The minimum absolute atomic E-state index is 0.187. The standard InChI is InChI=1S/C16H19FN2O/c1-4-18-16(12-7-8-19-11(2)9-12)14-6-5-13(20-3)10-15(14)17/h5-10,16,18H,4H2,1-3H3. The minimum Gasteiger partial charge on any atom is -0.497 e. The van der Waals surface area contributed by atoms with Crippen molar-refractivity contribution < 1.29 is 9.13 Å². The van der Waals surface area contributed by atoms with Gasteiger partial charge in [0.15, 0.2) is 0 Å². The lowest BCUT2D eigenvalue weighted by Crippen LogP contribution is -2.23. The highest BCUT2D eigenvalue weighted by atomic mass is 19.1. The van der Waals surface area contributed by atoms with E-state index in [0.29, 0.717) is 11.3 Å². The monoisotopic (exact) mass is 274 g/mol. The highest BCUT2D eigenvalue weighted by Crippen LogP contribution is 2.27. The summed E-state index contributed by atoms with van der Waals surface area (Å²) in [7, 11) is 1.53. The van der Waals surface area contributed by atoms with Crippen LogP contribution in [0.15, 0.2) is 36.5 Å². The van der Waals surface area contributed by atoms with Gasteiger partial charge in [0.1, 0.15) is 11.6 Å². The maximum atomic E-state index is 14.3. The molecule has 0 spiro atoms. The van der Waals surface area contributed by atoms with Crippen LogP contribution in [0.3, 0.4) is 0 Å². The van der Waals surface area contributed by atoms with Crippen LogP contribution in [0.5, 0.6) is 5.75 Å². The van der Waals surface area contributed by atoms with Crippen LogP contribution in [-0.2, 0) is 0 Å². The van der Waals surface area contributed by atoms with Gasteiger partial charge >= 0.3 is 0 Å². The highest BCUT2D eigenvalue weighted by molar-refractivity contribution is 5.36. The molecule has 1 N–H and O–H groups in total. The van der Waals surface area contributed by atoms with E-state index in [4.69, 9.17) is 4.74 Å². The van der Waals surface area contributed by atoms with Crippen molar-refractivity contribution in [1.82, 2.24) is 10.3 Å². The smallest absolute Gasteiger partial charge is 0.132 e. The van der Waals surface area contributed by atoms with Crippen molar-refractivity contribution in [1.29, 1.82) is 0 Å². The van der Waals surface area contributed by atoms with E-state index in [1.54, 1.807) is 18.3 Å². The fourth-order valence-corrected chi connectivity index (χ4v) is 2.23. The maximum Gasteiger partial charge on any atom is 0.132 e. The second-order valence-corrected chi connectivity index (χ2v) is 4.61. The molecule has 0 aliphatic heterocycles. The van der Waals surface area contributed by atoms with Gasteiger partial charge in [-0.15, -0.1) is 0 Å². The number of hydrogen-bond acceptors (Lipinski definition) is 3. The summed E-state index contributed by atoms with van der Waals surface area (Å²) in [6.07, 6.45) is 1.75. The van der Waals surface area contributed by atoms with Crippen molar-refractivity contribution in [2.45, 2.75) is 19.9 Å². The quantitative estimate of drug-likeness (QED) is 0.909. The molecule has 0 aliphatic rings. The molecule has 0 saturated carbocycles. The number of pyridine rings is 1. The summed E-state index contributed by atoms with van der Waals surface area (Å²) in [6.45, 7) is 4.68. The molecule has 1 unspecified atom stereocenters. The van der Waals surface area contributed by atoms with Gasteiger partial charge in [-0.2, -0.15) is 0 Å². The van der Waals surface area contributed by atoms with Gasteiger partial charge in [-0.1, -0.05) is 13.0 Å². The van der Waals surface area contributed by atoms with E-state index in [0.717, 1.165) is 17.8 Å². The molecular weight excluding hydrogens is 255 g/mol. The molecule has 1 aromatic carbocycles. The Hall–Kier alpha value is -1.94. The van der Waals surface area contributed by atoms with Crippen LogP contribution in [0.1, 0.15) is 29.8 Å². The number of methoxy groups -OCH3 is 1. The number of nitrogens with one attached hydrogen (secondary N) is 1. The molecule has 0 bridgehead atoms. The summed E-state index contributed by atoms with van der Waals surface area (Å²) in [6, 6.07) is 8.63. The number of rotatable bonds is 5. The second kappa shape index (κ2) is 6.48. The van der Waals surface area contributed by atoms with Gasteiger partial charge in [0.2, 0.25) is 0 Å². The first-order valence-electron chi connectivity index (χ1n) is 6.65. The fraction of sp³-hybridized carbons (Fsp3) is 0.312. The van der Waals surface area contributed by atoms with Crippen molar-refractivity contribution in [3.8, 4) is 5.75 Å². The first kappa shape index (κ1) is 14.5. The highest BCUT2D eigenvalue weighted by Gasteiger charge is 2.17. The van der Waals surface area contributed by atoms with Gasteiger partial charge < -0.3 is 10.1 Å². The summed E-state index contributed by atoms with van der Waals surface area (Å²) in [5.74, 6) is 0.247. The van der Waals surface area contributed by atoms with Gasteiger partial charge in [-0.25, -0.2) is 4.39 Å². The Morgan fingerprint density at radius 2 is 2.10 bits per heavy atom. The van der Waals surface area contributed by atoms with Gasteiger partial charge in [0.05, 0.1) is 13.2 Å². The molecule has 2 rings (SSSR count). The van der Waals surface area contributed by atoms with E-state index in [9.17, 15) is 4.39 Å². The Morgan fingerprint density at radius 3 is 2.70 bits per heavy atom. The molecule has 0 amide bonds. The topological polar surface area (TPSA) is 34.2 Å². The number of halogens is 1. The first-order chi connectivity index (χ1) is 9.65. The number of aromatic nitrogens is 1. The van der Waals surface area contributed by atoms with Gasteiger partial charge in [0.25, 0.3) is 0 Å². The van der Waals surface area contributed by atoms with Crippen LogP contribution in [0.4, 0.5) is 4.39 Å². The average molecular weight is 274 g/mol. The lowest BCUT2D eigenvalue weighted by Gasteiger charge is -2.20. The summed E-state index contributed by atoms with van der Waals surface area (Å²) < 4.78 is 19.3. The third kappa shape index (κ3) is 3.14. The zero-order valence-corrected chi connectivity index (χ0v) is 12.0. The summed E-state index contributed by atoms with van der Waals surface area (Å²) in [5.41, 5.74) is 2.53. The number of hydrogen-bond donors (Lipinski definition) is 1. The number of ether oxygens (including phenoxy) is 1. The first-order valence-corrected chi connectivity index (χ1v) is 6.65. The third-order valence-electron chi connectivity index (χ3n) is 3.18. The molecule has 1 aromatic heterocycles. The number of nitrogens with zero attached hydrogens (tertiary/aromatic N) is 1. The van der Waals surface area contributed by atoms with E-state index in [2.05, 4.69) is 10.3 Å². The van der Waals surface area contributed by atoms with Crippen molar-refractivity contribution in [2.24, 2.45) is 0 Å². The Balaban J connectivity index is 2.43. The Labute approximate surface area is 118 Å². The van der Waals surface area contributed by atoms with Gasteiger partial charge in [-0.05, 0) is 37.2 Å². The molecule has 0 fully saturated rings. The fourth-order valence-electron chi connectivity index (χ4n) is 2.23. The molecule has 1 atom stereocenters. The van der Waals surface area contributed by atoms with E-state index >= 15 is 0 Å². The predicted octanol–water partition coefficient (Wildman–Crippen LogP) is 3.24. The Morgan fingerprint density at radius 1 is 1.30 bits per heavy atom. The normalized spacial score (nSPS) is 12.2. The van der Waals surface area contributed by atoms with Crippen LogP contribution in [0.25, 0.3) is 0 Å².